The van der Waals surface area contributed by atoms with E-state index in [-0.39, 0.29) is 0 Å². The highest BCUT2D eigenvalue weighted by atomic mass is 15.1. The Morgan fingerprint density at radius 3 is 3.00 bits per heavy atom. The number of nitrogens with zero attached hydrogens (tertiary/aromatic N) is 2. The maximum Gasteiger partial charge on any atom is 0.105 e. The predicted molar refractivity (Wildman–Crippen MR) is 53.8 cm³/mol. The second-order valence-electron chi connectivity index (χ2n) is 4.37. The van der Waals surface area contributed by atoms with E-state index >= 15 is 0 Å². The monoisotopic (exact) mass is 178 g/mol. The first kappa shape index (κ1) is 8.79. The Hall–Kier alpha value is -0.790. The zero-order valence-electron chi connectivity index (χ0n) is 8.75. The molecule has 1 aliphatic rings. The Morgan fingerprint density at radius 2 is 2.31 bits per heavy atom. The van der Waals surface area contributed by atoms with E-state index in [0.29, 0.717) is 6.04 Å². The highest BCUT2D eigenvalue weighted by Crippen LogP contribution is 2.31. The summed E-state index contributed by atoms with van der Waals surface area (Å²) in [5.74, 6) is 1.92. The number of hydrogen-bond acceptors (Lipinski definition) is 1. The van der Waals surface area contributed by atoms with E-state index in [0.717, 1.165) is 5.92 Å². The van der Waals surface area contributed by atoms with Crippen LogP contribution in [0.4, 0.5) is 0 Å². The van der Waals surface area contributed by atoms with Crippen molar-refractivity contribution in [3.8, 4) is 0 Å². The number of aromatic nitrogens is 2. The second-order valence-corrected chi connectivity index (χ2v) is 4.37. The summed E-state index contributed by atoms with van der Waals surface area (Å²) in [4.78, 5) is 4.39. The standard InChI is InChI=1S/C11H18N2/c1-8(2)11-6-4-5-10-7-12-9(3)13(10)11/h7-8,11H,4-6H2,1-3H3. The molecular weight excluding hydrogens is 160 g/mol. The van der Waals surface area contributed by atoms with Crippen molar-refractivity contribution in [2.75, 3.05) is 0 Å². The van der Waals surface area contributed by atoms with Gasteiger partial charge in [-0.15, -0.1) is 0 Å². The zero-order chi connectivity index (χ0) is 9.42. The van der Waals surface area contributed by atoms with Crippen molar-refractivity contribution in [1.82, 2.24) is 9.55 Å². The lowest BCUT2D eigenvalue weighted by molar-refractivity contribution is 0.308. The van der Waals surface area contributed by atoms with Crippen LogP contribution in [-0.4, -0.2) is 9.55 Å². The van der Waals surface area contributed by atoms with Gasteiger partial charge in [0.25, 0.3) is 0 Å². The quantitative estimate of drug-likeness (QED) is 0.646. The summed E-state index contributed by atoms with van der Waals surface area (Å²) in [7, 11) is 0. The largest absolute Gasteiger partial charge is 0.329 e. The molecule has 1 aromatic heterocycles. The Bertz CT molecular complexity index is 299. The molecule has 0 aliphatic carbocycles. The lowest BCUT2D eigenvalue weighted by Gasteiger charge is -2.29. The van der Waals surface area contributed by atoms with Crippen molar-refractivity contribution in [3.05, 3.63) is 17.7 Å². The molecule has 2 nitrogen and oxygen atoms in total. The molecule has 2 heteroatoms. The van der Waals surface area contributed by atoms with Crippen molar-refractivity contribution < 1.29 is 0 Å². The molecule has 0 N–H and O–H groups in total. The van der Waals surface area contributed by atoms with Gasteiger partial charge in [0.15, 0.2) is 0 Å². The van der Waals surface area contributed by atoms with Crippen LogP contribution in [-0.2, 0) is 6.42 Å². The van der Waals surface area contributed by atoms with Gasteiger partial charge in [0.2, 0.25) is 0 Å². The van der Waals surface area contributed by atoms with Crippen molar-refractivity contribution >= 4 is 0 Å². The number of hydrogen-bond donors (Lipinski definition) is 0. The Labute approximate surface area is 80.0 Å². The van der Waals surface area contributed by atoms with Crippen molar-refractivity contribution in [1.29, 1.82) is 0 Å². The minimum absolute atomic E-state index is 0.686. The zero-order valence-corrected chi connectivity index (χ0v) is 8.75. The molecule has 0 saturated heterocycles. The first-order chi connectivity index (χ1) is 6.20. The van der Waals surface area contributed by atoms with Crippen molar-refractivity contribution in [3.63, 3.8) is 0 Å². The van der Waals surface area contributed by atoms with E-state index in [1.165, 1.54) is 30.8 Å². The maximum absolute atomic E-state index is 4.39. The number of fused-ring (bicyclic) bond motifs is 1. The average Bonchev–Trinajstić information content (AvgIpc) is 2.48. The number of imidazole rings is 1. The van der Waals surface area contributed by atoms with E-state index in [1.54, 1.807) is 0 Å². The normalized spacial score (nSPS) is 22.0. The molecule has 0 spiro atoms. The fourth-order valence-corrected chi connectivity index (χ4v) is 2.39. The first-order valence-corrected chi connectivity index (χ1v) is 5.23. The average molecular weight is 178 g/mol. The lowest BCUT2D eigenvalue weighted by Crippen LogP contribution is -2.22. The van der Waals surface area contributed by atoms with Gasteiger partial charge in [-0.1, -0.05) is 13.8 Å². The fraction of sp³-hybridized carbons (Fsp3) is 0.727. The summed E-state index contributed by atoms with van der Waals surface area (Å²) in [5.41, 5.74) is 1.43. The van der Waals surface area contributed by atoms with Crippen LogP contribution in [0.2, 0.25) is 0 Å². The molecule has 13 heavy (non-hydrogen) atoms. The van der Waals surface area contributed by atoms with E-state index < -0.39 is 0 Å². The molecule has 1 aromatic rings. The van der Waals surface area contributed by atoms with Crippen LogP contribution in [0.3, 0.4) is 0 Å². The highest BCUT2D eigenvalue weighted by Gasteiger charge is 2.23. The van der Waals surface area contributed by atoms with Crippen LogP contribution < -0.4 is 0 Å². The van der Waals surface area contributed by atoms with Crippen molar-refractivity contribution in [2.45, 2.75) is 46.1 Å². The van der Waals surface area contributed by atoms with Crippen LogP contribution in [0.15, 0.2) is 6.20 Å². The van der Waals surface area contributed by atoms with Gasteiger partial charge in [-0.25, -0.2) is 4.98 Å². The van der Waals surface area contributed by atoms with Gasteiger partial charge in [-0.3, -0.25) is 0 Å². The second kappa shape index (κ2) is 3.17. The molecule has 0 radical (unpaired) electrons. The maximum atomic E-state index is 4.39. The molecule has 0 bridgehead atoms. The van der Waals surface area contributed by atoms with Gasteiger partial charge in [-0.2, -0.15) is 0 Å². The van der Waals surface area contributed by atoms with Gasteiger partial charge in [0.1, 0.15) is 5.82 Å². The molecule has 1 unspecified atom stereocenters. The van der Waals surface area contributed by atoms with E-state index in [4.69, 9.17) is 0 Å². The van der Waals surface area contributed by atoms with Crippen LogP contribution >= 0.6 is 0 Å². The van der Waals surface area contributed by atoms with Crippen LogP contribution in [0.1, 0.15) is 44.2 Å². The summed E-state index contributed by atoms with van der Waals surface area (Å²) >= 11 is 0. The number of rotatable bonds is 1. The fourth-order valence-electron chi connectivity index (χ4n) is 2.39. The lowest BCUT2D eigenvalue weighted by atomic mass is 9.94. The third kappa shape index (κ3) is 1.38. The molecule has 2 heterocycles. The molecule has 2 rings (SSSR count). The Balaban J connectivity index is 2.40. The minimum Gasteiger partial charge on any atom is -0.329 e. The molecular formula is C11H18N2. The van der Waals surface area contributed by atoms with Crippen LogP contribution in [0, 0.1) is 12.8 Å². The summed E-state index contributed by atoms with van der Waals surface area (Å²) in [6.45, 7) is 6.72. The van der Waals surface area contributed by atoms with Crippen LogP contribution in [0.25, 0.3) is 0 Å². The molecule has 0 amide bonds. The van der Waals surface area contributed by atoms with Gasteiger partial charge in [0, 0.05) is 17.9 Å². The summed E-state index contributed by atoms with van der Waals surface area (Å²) < 4.78 is 2.44. The molecule has 0 aromatic carbocycles. The molecule has 0 saturated carbocycles. The van der Waals surface area contributed by atoms with E-state index in [1.807, 2.05) is 6.20 Å². The smallest absolute Gasteiger partial charge is 0.105 e. The Kier molecular flexibility index (Phi) is 2.14. The summed E-state index contributed by atoms with van der Waals surface area (Å²) in [5, 5.41) is 0. The number of aryl methyl sites for hydroxylation is 2. The molecule has 72 valence electrons. The third-order valence-electron chi connectivity index (χ3n) is 3.09. The third-order valence-corrected chi connectivity index (χ3v) is 3.09. The van der Waals surface area contributed by atoms with Gasteiger partial charge >= 0.3 is 0 Å². The molecule has 0 fully saturated rings. The molecule has 1 aliphatic heterocycles. The molecule has 1 atom stereocenters. The van der Waals surface area contributed by atoms with E-state index in [9.17, 15) is 0 Å². The highest BCUT2D eigenvalue weighted by molar-refractivity contribution is 5.09. The predicted octanol–water partition coefficient (Wildman–Crippen LogP) is 2.72. The first-order valence-electron chi connectivity index (χ1n) is 5.23. The van der Waals surface area contributed by atoms with Gasteiger partial charge in [-0.05, 0) is 32.1 Å². The van der Waals surface area contributed by atoms with Gasteiger partial charge < -0.3 is 4.57 Å². The SMILES string of the molecule is Cc1ncc2n1C(C(C)C)CCC2. The van der Waals surface area contributed by atoms with E-state index in [2.05, 4.69) is 30.3 Å². The minimum atomic E-state index is 0.686. The summed E-state index contributed by atoms with van der Waals surface area (Å²) in [6, 6.07) is 0.686. The Morgan fingerprint density at radius 1 is 1.54 bits per heavy atom. The summed E-state index contributed by atoms with van der Waals surface area (Å²) in [6.07, 6.45) is 5.91. The topological polar surface area (TPSA) is 17.8 Å². The van der Waals surface area contributed by atoms with Crippen molar-refractivity contribution in [2.24, 2.45) is 5.92 Å². The van der Waals surface area contributed by atoms with Gasteiger partial charge in [0.05, 0.1) is 0 Å². The van der Waals surface area contributed by atoms with Crippen LogP contribution in [0.5, 0.6) is 0 Å².